The van der Waals surface area contributed by atoms with Crippen LogP contribution in [0.15, 0.2) is 54.6 Å². The van der Waals surface area contributed by atoms with Gasteiger partial charge in [-0.1, -0.05) is 54.1 Å². The lowest BCUT2D eigenvalue weighted by atomic mass is 9.96. The van der Waals surface area contributed by atoms with E-state index in [0.29, 0.717) is 11.6 Å². The van der Waals surface area contributed by atoms with Crippen molar-refractivity contribution in [3.8, 4) is 0 Å². The van der Waals surface area contributed by atoms with Gasteiger partial charge >= 0.3 is 5.97 Å². The highest BCUT2D eigenvalue weighted by Crippen LogP contribution is 2.20. The molecule has 0 aliphatic heterocycles. The third-order valence-corrected chi connectivity index (χ3v) is 3.70. The van der Waals surface area contributed by atoms with E-state index < -0.39 is 5.97 Å². The Morgan fingerprint density at radius 1 is 1.12 bits per heavy atom. The molecular formula is C19H25ClN2O2. The Labute approximate surface area is 148 Å². The first-order valence-corrected chi connectivity index (χ1v) is 8.27. The second-order valence-corrected chi connectivity index (χ2v) is 6.19. The predicted octanol–water partition coefficient (Wildman–Crippen LogP) is 3.43. The average molecular weight is 349 g/mol. The molecule has 0 aromatic heterocycles. The summed E-state index contributed by atoms with van der Waals surface area (Å²) in [7, 11) is 0. The molecular weight excluding hydrogens is 324 g/mol. The molecule has 0 spiro atoms. The highest BCUT2D eigenvalue weighted by atomic mass is 35.5. The molecule has 2 aromatic carbocycles. The number of carbonyl (C=O) groups is 1. The largest absolute Gasteiger partial charge is 0.481 e. The van der Waals surface area contributed by atoms with Gasteiger partial charge in [0.15, 0.2) is 0 Å². The standard InChI is InChI=1S/C10H12ClNO2.C9H13N/c11-9-3-1-7(2-4-9)8(6-12)5-10(13)14;1-8(10)7-9-5-3-2-4-6-9/h1-4,8H,5-6,12H2,(H,13,14);2-6,8H,7,10H2,1H3/t;8-/m.0/s1. The van der Waals surface area contributed by atoms with Gasteiger partial charge in [-0.25, -0.2) is 0 Å². The summed E-state index contributed by atoms with van der Waals surface area (Å²) >= 11 is 5.72. The summed E-state index contributed by atoms with van der Waals surface area (Å²) in [4.78, 5) is 10.5. The minimum atomic E-state index is -0.838. The summed E-state index contributed by atoms with van der Waals surface area (Å²) in [6, 6.07) is 17.7. The lowest BCUT2D eigenvalue weighted by molar-refractivity contribution is -0.137. The summed E-state index contributed by atoms with van der Waals surface area (Å²) in [5.74, 6) is -0.972. The first-order chi connectivity index (χ1) is 11.4. The molecule has 0 fully saturated rings. The Balaban J connectivity index is 0.000000254. The Morgan fingerprint density at radius 3 is 2.17 bits per heavy atom. The number of aliphatic carboxylic acids is 1. The Hall–Kier alpha value is -1.88. The number of hydrogen-bond donors (Lipinski definition) is 3. The van der Waals surface area contributed by atoms with Crippen LogP contribution in [0, 0.1) is 0 Å². The van der Waals surface area contributed by atoms with Crippen LogP contribution in [-0.4, -0.2) is 23.7 Å². The summed E-state index contributed by atoms with van der Waals surface area (Å²) in [5.41, 5.74) is 13.4. The highest BCUT2D eigenvalue weighted by Gasteiger charge is 2.13. The summed E-state index contributed by atoms with van der Waals surface area (Å²) in [6.07, 6.45) is 1.03. The summed E-state index contributed by atoms with van der Waals surface area (Å²) < 4.78 is 0. The van der Waals surface area contributed by atoms with Crippen molar-refractivity contribution in [1.29, 1.82) is 0 Å². The number of nitrogens with two attached hydrogens (primary N) is 2. The van der Waals surface area contributed by atoms with Crippen molar-refractivity contribution in [2.24, 2.45) is 11.5 Å². The average Bonchev–Trinajstić information content (AvgIpc) is 2.54. The molecule has 0 radical (unpaired) electrons. The molecule has 0 amide bonds. The molecule has 0 aliphatic carbocycles. The van der Waals surface area contributed by atoms with Crippen molar-refractivity contribution in [3.05, 3.63) is 70.7 Å². The highest BCUT2D eigenvalue weighted by molar-refractivity contribution is 6.30. The van der Waals surface area contributed by atoms with Gasteiger partial charge in [0.25, 0.3) is 0 Å². The number of halogens is 1. The van der Waals surface area contributed by atoms with Crippen molar-refractivity contribution in [2.75, 3.05) is 6.54 Å². The fourth-order valence-electron chi connectivity index (χ4n) is 2.27. The van der Waals surface area contributed by atoms with Crippen molar-refractivity contribution in [1.82, 2.24) is 0 Å². The van der Waals surface area contributed by atoms with E-state index in [1.165, 1.54) is 5.56 Å². The third-order valence-electron chi connectivity index (χ3n) is 3.45. The van der Waals surface area contributed by atoms with Crippen LogP contribution in [0.5, 0.6) is 0 Å². The van der Waals surface area contributed by atoms with Gasteiger partial charge in [0.1, 0.15) is 0 Å². The molecule has 0 heterocycles. The number of hydrogen-bond acceptors (Lipinski definition) is 3. The van der Waals surface area contributed by atoms with Crippen LogP contribution in [0.4, 0.5) is 0 Å². The molecule has 1 unspecified atom stereocenters. The number of rotatable bonds is 6. The second kappa shape index (κ2) is 10.8. The van der Waals surface area contributed by atoms with E-state index in [2.05, 4.69) is 12.1 Å². The number of carboxylic acids is 1. The summed E-state index contributed by atoms with van der Waals surface area (Å²) in [5, 5.41) is 9.29. The lowest BCUT2D eigenvalue weighted by Gasteiger charge is -2.12. The molecule has 0 aliphatic rings. The molecule has 0 bridgehead atoms. The predicted molar refractivity (Wildman–Crippen MR) is 99.3 cm³/mol. The molecule has 0 saturated carbocycles. The SMILES string of the molecule is C[C@H](N)Cc1ccccc1.NCC(CC(=O)O)c1ccc(Cl)cc1. The molecule has 2 rings (SSSR count). The van der Waals surface area contributed by atoms with Gasteiger partial charge in [-0.15, -0.1) is 0 Å². The van der Waals surface area contributed by atoms with Gasteiger partial charge in [-0.05, 0) is 43.1 Å². The Kier molecular flexibility index (Phi) is 9.08. The first kappa shape index (κ1) is 20.2. The van der Waals surface area contributed by atoms with Crippen LogP contribution in [-0.2, 0) is 11.2 Å². The zero-order valence-electron chi connectivity index (χ0n) is 13.9. The molecule has 24 heavy (non-hydrogen) atoms. The number of benzene rings is 2. The van der Waals surface area contributed by atoms with Crippen LogP contribution in [0.3, 0.4) is 0 Å². The van der Waals surface area contributed by atoms with Crippen molar-refractivity contribution >= 4 is 17.6 Å². The van der Waals surface area contributed by atoms with Crippen LogP contribution in [0.1, 0.15) is 30.4 Å². The Morgan fingerprint density at radius 2 is 1.71 bits per heavy atom. The van der Waals surface area contributed by atoms with Crippen LogP contribution < -0.4 is 11.5 Å². The van der Waals surface area contributed by atoms with Crippen LogP contribution in [0.25, 0.3) is 0 Å². The Bertz CT molecular complexity index is 601. The quantitative estimate of drug-likeness (QED) is 0.746. The second-order valence-electron chi connectivity index (χ2n) is 5.75. The van der Waals surface area contributed by atoms with Gasteiger partial charge in [0.05, 0.1) is 6.42 Å². The maximum absolute atomic E-state index is 10.5. The van der Waals surface area contributed by atoms with E-state index >= 15 is 0 Å². The van der Waals surface area contributed by atoms with E-state index in [-0.39, 0.29) is 18.4 Å². The molecule has 2 atom stereocenters. The van der Waals surface area contributed by atoms with Gasteiger partial charge < -0.3 is 16.6 Å². The van der Waals surface area contributed by atoms with Gasteiger partial charge in [0, 0.05) is 17.0 Å². The minimum absolute atomic E-state index is 0.0537. The molecule has 2 aromatic rings. The van der Waals surface area contributed by atoms with E-state index in [1.807, 2.05) is 37.3 Å². The normalized spacial score (nSPS) is 12.7. The maximum Gasteiger partial charge on any atom is 0.304 e. The zero-order chi connectivity index (χ0) is 17.9. The van der Waals surface area contributed by atoms with Crippen molar-refractivity contribution in [3.63, 3.8) is 0 Å². The molecule has 130 valence electrons. The van der Waals surface area contributed by atoms with Crippen LogP contribution >= 0.6 is 11.6 Å². The summed E-state index contributed by atoms with van der Waals surface area (Å²) in [6.45, 7) is 2.35. The van der Waals surface area contributed by atoms with Crippen LogP contribution in [0.2, 0.25) is 5.02 Å². The molecule has 5 heteroatoms. The van der Waals surface area contributed by atoms with E-state index in [4.69, 9.17) is 28.2 Å². The smallest absolute Gasteiger partial charge is 0.304 e. The first-order valence-electron chi connectivity index (χ1n) is 7.89. The number of carboxylic acid groups (broad SMARTS) is 1. The molecule has 4 nitrogen and oxygen atoms in total. The fourth-order valence-corrected chi connectivity index (χ4v) is 2.39. The lowest BCUT2D eigenvalue weighted by Crippen LogP contribution is -2.17. The van der Waals surface area contributed by atoms with E-state index in [9.17, 15) is 4.79 Å². The maximum atomic E-state index is 10.5. The van der Waals surface area contributed by atoms with Crippen molar-refractivity contribution in [2.45, 2.75) is 31.7 Å². The monoisotopic (exact) mass is 348 g/mol. The third kappa shape index (κ3) is 8.11. The fraction of sp³-hybridized carbons (Fsp3) is 0.316. The molecule has 5 N–H and O–H groups in total. The van der Waals surface area contributed by atoms with Gasteiger partial charge in [0.2, 0.25) is 0 Å². The van der Waals surface area contributed by atoms with Gasteiger partial charge in [-0.3, -0.25) is 4.79 Å². The van der Waals surface area contributed by atoms with E-state index in [0.717, 1.165) is 12.0 Å². The van der Waals surface area contributed by atoms with Crippen molar-refractivity contribution < 1.29 is 9.90 Å². The van der Waals surface area contributed by atoms with Gasteiger partial charge in [-0.2, -0.15) is 0 Å². The minimum Gasteiger partial charge on any atom is -0.481 e. The molecule has 0 saturated heterocycles. The topological polar surface area (TPSA) is 89.3 Å². The van der Waals surface area contributed by atoms with E-state index in [1.54, 1.807) is 12.1 Å². The zero-order valence-corrected chi connectivity index (χ0v) is 14.6.